The first kappa shape index (κ1) is 13.8. The number of nitrogens with one attached hydrogen (secondary N) is 1. The second kappa shape index (κ2) is 6.10. The highest BCUT2D eigenvalue weighted by atomic mass is 16.5. The predicted octanol–water partition coefficient (Wildman–Crippen LogP) is 3.53. The topological polar surface area (TPSA) is 74.7 Å². The molecule has 0 aliphatic heterocycles. The molecule has 0 saturated heterocycles. The van der Waals surface area contributed by atoms with Crippen LogP contribution in [-0.2, 0) is 6.54 Å². The van der Waals surface area contributed by atoms with E-state index in [2.05, 4.69) is 21.5 Å². The van der Waals surface area contributed by atoms with Gasteiger partial charge in [0.2, 0.25) is 11.7 Å². The lowest BCUT2D eigenvalue weighted by Crippen LogP contribution is -1.99. The molecule has 3 rings (SSSR count). The maximum atomic E-state index is 8.76. The van der Waals surface area contributed by atoms with Crippen molar-refractivity contribution in [3.05, 3.63) is 65.5 Å². The summed E-state index contributed by atoms with van der Waals surface area (Å²) in [4.78, 5) is 4.37. The minimum atomic E-state index is 0.435. The van der Waals surface area contributed by atoms with Gasteiger partial charge in [0.25, 0.3) is 0 Å². The van der Waals surface area contributed by atoms with E-state index in [1.165, 1.54) is 5.56 Å². The van der Waals surface area contributed by atoms with Crippen molar-refractivity contribution in [2.75, 3.05) is 5.32 Å². The van der Waals surface area contributed by atoms with E-state index in [1.54, 1.807) is 12.1 Å². The molecule has 0 unspecified atom stereocenters. The van der Waals surface area contributed by atoms with E-state index in [4.69, 9.17) is 9.78 Å². The Hall–Kier alpha value is -3.13. The molecule has 0 amide bonds. The quantitative estimate of drug-likeness (QED) is 0.795. The fourth-order valence-electron chi connectivity index (χ4n) is 1.99. The standard InChI is InChI=1S/C17H14N4O/c1-12-2-6-14(7-3-12)17-20-16(22-21-17)11-19-15-8-4-13(10-18)5-9-15/h2-9,19H,11H2,1H3. The SMILES string of the molecule is Cc1ccc(-c2noc(CNc3ccc(C#N)cc3)n2)cc1. The van der Waals surface area contributed by atoms with E-state index >= 15 is 0 Å². The highest BCUT2D eigenvalue weighted by Crippen LogP contribution is 2.17. The largest absolute Gasteiger partial charge is 0.376 e. The van der Waals surface area contributed by atoms with Crippen LogP contribution in [0.4, 0.5) is 5.69 Å². The van der Waals surface area contributed by atoms with Crippen molar-refractivity contribution < 1.29 is 4.52 Å². The zero-order valence-electron chi connectivity index (χ0n) is 12.1. The lowest BCUT2D eigenvalue weighted by molar-refractivity contribution is 0.384. The molecule has 0 bridgehead atoms. The van der Waals surface area contributed by atoms with Crippen LogP contribution in [0.5, 0.6) is 0 Å². The monoisotopic (exact) mass is 290 g/mol. The van der Waals surface area contributed by atoms with Gasteiger partial charge in [0, 0.05) is 11.3 Å². The number of hydrogen-bond acceptors (Lipinski definition) is 5. The highest BCUT2D eigenvalue weighted by Gasteiger charge is 2.08. The molecule has 5 heteroatoms. The Morgan fingerprint density at radius 1 is 1.09 bits per heavy atom. The number of nitriles is 1. The van der Waals surface area contributed by atoms with Crippen LogP contribution in [-0.4, -0.2) is 10.1 Å². The predicted molar refractivity (Wildman–Crippen MR) is 83.0 cm³/mol. The number of aromatic nitrogens is 2. The van der Waals surface area contributed by atoms with E-state index in [0.717, 1.165) is 11.3 Å². The Kier molecular flexibility index (Phi) is 3.84. The lowest BCUT2D eigenvalue weighted by atomic mass is 10.1. The lowest BCUT2D eigenvalue weighted by Gasteiger charge is -2.02. The Bertz CT molecular complexity index is 798. The Labute approximate surface area is 128 Å². The summed E-state index contributed by atoms with van der Waals surface area (Å²) in [5, 5.41) is 15.9. The fourth-order valence-corrected chi connectivity index (χ4v) is 1.99. The molecule has 22 heavy (non-hydrogen) atoms. The molecule has 1 N–H and O–H groups in total. The van der Waals surface area contributed by atoms with Crippen LogP contribution in [0.3, 0.4) is 0 Å². The van der Waals surface area contributed by atoms with Crippen molar-refractivity contribution in [3.8, 4) is 17.5 Å². The average molecular weight is 290 g/mol. The number of nitrogens with zero attached hydrogens (tertiary/aromatic N) is 3. The van der Waals surface area contributed by atoms with Crippen LogP contribution in [0.2, 0.25) is 0 Å². The summed E-state index contributed by atoms with van der Waals surface area (Å²) < 4.78 is 5.24. The van der Waals surface area contributed by atoms with Crippen molar-refractivity contribution in [3.63, 3.8) is 0 Å². The van der Waals surface area contributed by atoms with Crippen LogP contribution in [0.15, 0.2) is 53.1 Å². The van der Waals surface area contributed by atoms with Crippen molar-refractivity contribution in [2.24, 2.45) is 0 Å². The van der Waals surface area contributed by atoms with Crippen LogP contribution in [0, 0.1) is 18.3 Å². The molecule has 0 spiro atoms. The van der Waals surface area contributed by atoms with Gasteiger partial charge in [-0.2, -0.15) is 10.2 Å². The minimum Gasteiger partial charge on any atom is -0.376 e. The summed E-state index contributed by atoms with van der Waals surface area (Å²) in [5.74, 6) is 1.09. The van der Waals surface area contributed by atoms with Gasteiger partial charge in [-0.05, 0) is 31.2 Å². The Morgan fingerprint density at radius 2 is 1.82 bits per heavy atom. The molecule has 2 aromatic carbocycles. The number of hydrogen-bond donors (Lipinski definition) is 1. The van der Waals surface area contributed by atoms with E-state index in [1.807, 2.05) is 43.3 Å². The van der Waals surface area contributed by atoms with Crippen molar-refractivity contribution in [2.45, 2.75) is 13.5 Å². The molecular weight excluding hydrogens is 276 g/mol. The summed E-state index contributed by atoms with van der Waals surface area (Å²) in [7, 11) is 0. The summed E-state index contributed by atoms with van der Waals surface area (Å²) in [5.41, 5.74) is 3.65. The van der Waals surface area contributed by atoms with Crippen LogP contribution >= 0.6 is 0 Å². The maximum absolute atomic E-state index is 8.76. The molecule has 0 aliphatic rings. The smallest absolute Gasteiger partial charge is 0.246 e. The van der Waals surface area contributed by atoms with Gasteiger partial charge < -0.3 is 9.84 Å². The average Bonchev–Trinajstić information content (AvgIpc) is 3.03. The molecule has 0 aliphatic carbocycles. The molecule has 5 nitrogen and oxygen atoms in total. The first-order valence-electron chi connectivity index (χ1n) is 6.88. The Balaban J connectivity index is 1.66. The second-order valence-electron chi connectivity index (χ2n) is 4.92. The summed E-state index contributed by atoms with van der Waals surface area (Å²) in [6.45, 7) is 2.47. The fraction of sp³-hybridized carbons (Fsp3) is 0.118. The molecule has 1 aromatic heterocycles. The molecule has 0 saturated carbocycles. The number of benzene rings is 2. The van der Waals surface area contributed by atoms with E-state index < -0.39 is 0 Å². The van der Waals surface area contributed by atoms with Gasteiger partial charge in [-0.1, -0.05) is 35.0 Å². The molecular formula is C17H14N4O. The van der Waals surface area contributed by atoms with Gasteiger partial charge in [0.1, 0.15) is 0 Å². The van der Waals surface area contributed by atoms with Gasteiger partial charge in [0.15, 0.2) is 0 Å². The van der Waals surface area contributed by atoms with E-state index in [0.29, 0.717) is 23.8 Å². The number of rotatable bonds is 4. The van der Waals surface area contributed by atoms with E-state index in [9.17, 15) is 0 Å². The summed E-state index contributed by atoms with van der Waals surface area (Å²) in [6, 6.07) is 17.3. The van der Waals surface area contributed by atoms with E-state index in [-0.39, 0.29) is 0 Å². The molecule has 108 valence electrons. The zero-order chi connectivity index (χ0) is 15.4. The molecule has 3 aromatic rings. The minimum absolute atomic E-state index is 0.435. The third-order valence-electron chi connectivity index (χ3n) is 3.24. The first-order valence-corrected chi connectivity index (χ1v) is 6.88. The number of aryl methyl sites for hydroxylation is 1. The third-order valence-corrected chi connectivity index (χ3v) is 3.24. The van der Waals surface area contributed by atoms with Gasteiger partial charge in [-0.15, -0.1) is 0 Å². The van der Waals surface area contributed by atoms with Crippen LogP contribution in [0.1, 0.15) is 17.0 Å². The third kappa shape index (κ3) is 3.13. The molecule has 0 atom stereocenters. The van der Waals surface area contributed by atoms with Crippen molar-refractivity contribution in [1.29, 1.82) is 5.26 Å². The summed E-state index contributed by atoms with van der Waals surface area (Å²) in [6.07, 6.45) is 0. The van der Waals surface area contributed by atoms with Crippen molar-refractivity contribution in [1.82, 2.24) is 10.1 Å². The Morgan fingerprint density at radius 3 is 2.50 bits per heavy atom. The van der Waals surface area contributed by atoms with Gasteiger partial charge in [-0.3, -0.25) is 0 Å². The molecule has 1 heterocycles. The normalized spacial score (nSPS) is 10.2. The van der Waals surface area contributed by atoms with Crippen molar-refractivity contribution >= 4 is 5.69 Å². The first-order chi connectivity index (χ1) is 10.7. The highest BCUT2D eigenvalue weighted by molar-refractivity contribution is 5.54. The second-order valence-corrected chi connectivity index (χ2v) is 4.92. The molecule has 0 radical (unpaired) electrons. The molecule has 0 fully saturated rings. The van der Waals surface area contributed by atoms with Crippen LogP contribution < -0.4 is 5.32 Å². The van der Waals surface area contributed by atoms with Gasteiger partial charge in [-0.25, -0.2) is 0 Å². The zero-order valence-corrected chi connectivity index (χ0v) is 12.1. The van der Waals surface area contributed by atoms with Gasteiger partial charge in [0.05, 0.1) is 18.2 Å². The van der Waals surface area contributed by atoms with Gasteiger partial charge >= 0.3 is 0 Å². The van der Waals surface area contributed by atoms with Crippen LogP contribution in [0.25, 0.3) is 11.4 Å². The number of anilines is 1. The summed E-state index contributed by atoms with van der Waals surface area (Å²) >= 11 is 0. The maximum Gasteiger partial charge on any atom is 0.246 e.